The van der Waals surface area contributed by atoms with Crippen molar-refractivity contribution in [3.63, 3.8) is 0 Å². The first-order chi connectivity index (χ1) is 10.5. The lowest BCUT2D eigenvalue weighted by Crippen LogP contribution is -2.10. The molecule has 112 valence electrons. The molecule has 5 nitrogen and oxygen atoms in total. The van der Waals surface area contributed by atoms with Crippen LogP contribution in [0.4, 0.5) is 11.4 Å². The van der Waals surface area contributed by atoms with Crippen molar-refractivity contribution in [2.45, 2.75) is 23.1 Å². The lowest BCUT2D eigenvalue weighted by molar-refractivity contribution is -0.384. The van der Waals surface area contributed by atoms with E-state index in [-0.39, 0.29) is 17.3 Å². The van der Waals surface area contributed by atoms with E-state index in [1.54, 1.807) is 12.1 Å². The molecule has 0 saturated heterocycles. The molecule has 1 N–H and O–H groups in total. The van der Waals surface area contributed by atoms with Crippen LogP contribution in [0.2, 0.25) is 0 Å². The zero-order valence-corrected chi connectivity index (χ0v) is 12.8. The largest absolute Gasteiger partial charge is 0.321 e. The Kier molecular flexibility index (Phi) is 3.54. The molecule has 1 amide bonds. The van der Waals surface area contributed by atoms with E-state index in [0.29, 0.717) is 6.42 Å². The average Bonchev–Trinajstić information content (AvgIpc) is 2.46. The normalized spacial score (nSPS) is 15.6. The van der Waals surface area contributed by atoms with Crippen LogP contribution in [0.1, 0.15) is 18.1 Å². The van der Waals surface area contributed by atoms with E-state index >= 15 is 0 Å². The predicted molar refractivity (Wildman–Crippen MR) is 87.9 cm³/mol. The molecule has 1 atom stereocenters. The molecule has 1 unspecified atom stereocenters. The number of nitrogens with one attached hydrogen (secondary N) is 1. The molecule has 0 fully saturated rings. The van der Waals surface area contributed by atoms with Gasteiger partial charge < -0.3 is 5.32 Å². The Morgan fingerprint density at radius 3 is 2.68 bits per heavy atom. The number of benzene rings is 2. The Labute approximate surface area is 130 Å². The number of amides is 1. The Morgan fingerprint density at radius 1 is 1.27 bits per heavy atom. The van der Waals surface area contributed by atoms with E-state index in [2.05, 4.69) is 11.2 Å². The molecule has 0 radical (unpaired) electrons. The van der Waals surface area contributed by atoms with Gasteiger partial charge in [0, 0.05) is 22.8 Å². The van der Waals surface area contributed by atoms with Crippen molar-refractivity contribution in [1.82, 2.24) is 0 Å². The molecule has 0 aromatic heterocycles. The predicted octanol–water partition coefficient (Wildman–Crippen LogP) is 3.58. The molecule has 1 aliphatic heterocycles. The van der Waals surface area contributed by atoms with E-state index in [1.807, 2.05) is 24.3 Å². The average molecular weight is 314 g/mol. The van der Waals surface area contributed by atoms with Crippen LogP contribution in [0.25, 0.3) is 0 Å². The van der Waals surface area contributed by atoms with E-state index < -0.39 is 15.4 Å². The number of nitro benzene ring substituents is 1. The summed E-state index contributed by atoms with van der Waals surface area (Å²) in [5.74, 6) is 3.86. The summed E-state index contributed by atoms with van der Waals surface area (Å²) < 4.78 is 0. The van der Waals surface area contributed by atoms with Crippen LogP contribution in [0.15, 0.2) is 46.2 Å². The number of carbonyl (C=O) groups is 1. The summed E-state index contributed by atoms with van der Waals surface area (Å²) in [6.45, 7) is 1.34. The van der Waals surface area contributed by atoms with Gasteiger partial charge in [-0.2, -0.15) is 0 Å². The fraction of sp³-hybridized carbons (Fsp3) is 0.125. The smallest absolute Gasteiger partial charge is 0.293 e. The van der Waals surface area contributed by atoms with E-state index in [1.165, 1.54) is 12.5 Å². The van der Waals surface area contributed by atoms with Crippen molar-refractivity contribution in [3.8, 4) is 0 Å². The zero-order chi connectivity index (χ0) is 15.9. The second kappa shape index (κ2) is 5.38. The van der Waals surface area contributed by atoms with Gasteiger partial charge in [-0.1, -0.05) is 24.1 Å². The van der Waals surface area contributed by atoms with E-state index in [4.69, 9.17) is 0 Å². The highest BCUT2D eigenvalue weighted by Crippen LogP contribution is 2.46. The number of rotatable bonds is 2. The molecule has 0 aliphatic carbocycles. The molecule has 2 aromatic rings. The van der Waals surface area contributed by atoms with Crippen molar-refractivity contribution < 1.29 is 9.72 Å². The number of carbonyl (C=O) groups excluding carboxylic acids is 1. The van der Waals surface area contributed by atoms with Gasteiger partial charge >= 0.3 is 0 Å². The number of hydrogen-bond donors (Lipinski definition) is 1. The Hall–Kier alpha value is -2.47. The molecule has 1 heterocycles. The third-order valence-electron chi connectivity index (χ3n) is 3.57. The minimum Gasteiger partial charge on any atom is -0.321 e. The maximum Gasteiger partial charge on any atom is 0.293 e. The molecule has 0 saturated carbocycles. The quantitative estimate of drug-likeness (QED) is 0.446. The molecule has 6 heteroatoms. The number of nitrogens with zero attached hydrogens (tertiary/aromatic N) is 1. The van der Waals surface area contributed by atoms with Crippen LogP contribution in [0, 0.1) is 10.1 Å². The summed E-state index contributed by atoms with van der Waals surface area (Å²) in [5.41, 5.74) is 2.31. The second-order valence-corrected chi connectivity index (χ2v) is 6.75. The number of anilines is 1. The van der Waals surface area contributed by atoms with Crippen molar-refractivity contribution in [1.29, 1.82) is 0 Å². The Bertz CT molecular complexity index is 830. The summed E-state index contributed by atoms with van der Waals surface area (Å²) in [6.07, 6.45) is 0.690. The van der Waals surface area contributed by atoms with Crippen LogP contribution in [-0.2, 0) is 11.2 Å². The van der Waals surface area contributed by atoms with Crippen LogP contribution in [0.5, 0.6) is 0 Å². The second-order valence-electron chi connectivity index (χ2n) is 5.09. The lowest BCUT2D eigenvalue weighted by Gasteiger charge is -2.23. The first-order valence-electron chi connectivity index (χ1n) is 6.68. The number of hydrogen-bond acceptors (Lipinski definition) is 3. The van der Waals surface area contributed by atoms with Gasteiger partial charge in [0.15, 0.2) is 0 Å². The van der Waals surface area contributed by atoms with E-state index in [0.717, 1.165) is 15.4 Å². The highest BCUT2D eigenvalue weighted by atomic mass is 32.2. The summed E-state index contributed by atoms with van der Waals surface area (Å²) in [7, 11) is -0.455. The monoisotopic (exact) mass is 314 g/mol. The van der Waals surface area contributed by atoms with Crippen molar-refractivity contribution in [2.75, 3.05) is 5.32 Å². The van der Waals surface area contributed by atoms with Crippen LogP contribution >= 0.6 is 10.5 Å². The summed E-state index contributed by atoms with van der Waals surface area (Å²) >= 11 is 0. The highest BCUT2D eigenvalue weighted by molar-refractivity contribution is 8.14. The SMILES string of the molecule is C=S1c2ccccc2Cc2cc(NC(C)=O)c([N+](=O)[O-])cc21. The molecular weight excluding hydrogens is 300 g/mol. The lowest BCUT2D eigenvalue weighted by atomic mass is 10.0. The van der Waals surface area contributed by atoms with Gasteiger partial charge in [-0.05, 0) is 29.7 Å². The topological polar surface area (TPSA) is 72.2 Å². The maximum atomic E-state index is 11.3. The Balaban J connectivity index is 2.17. The standard InChI is InChI=1S/C16H14N2O3S/c1-10(19)17-13-8-12-7-11-5-3-4-6-15(11)22(2)16(12)9-14(13)18(20)21/h3-6,8-9H,2,7H2,1H3,(H,17,19). The maximum absolute atomic E-state index is 11.3. The first-order valence-corrected chi connectivity index (χ1v) is 8.07. The molecule has 0 bridgehead atoms. The van der Waals surface area contributed by atoms with Gasteiger partial charge in [0.1, 0.15) is 5.69 Å². The molecule has 3 rings (SSSR count). The molecular formula is C16H14N2O3S. The minimum absolute atomic E-state index is 0.0884. The van der Waals surface area contributed by atoms with Crippen molar-refractivity contribution in [3.05, 3.63) is 57.6 Å². The van der Waals surface area contributed by atoms with Gasteiger partial charge in [0.25, 0.3) is 5.69 Å². The van der Waals surface area contributed by atoms with Gasteiger partial charge in [-0.3, -0.25) is 14.9 Å². The number of fused-ring (bicyclic) bond motifs is 2. The van der Waals surface area contributed by atoms with Gasteiger partial charge in [0.2, 0.25) is 5.91 Å². The first kappa shape index (κ1) is 14.5. The molecule has 22 heavy (non-hydrogen) atoms. The third kappa shape index (κ3) is 2.42. The van der Waals surface area contributed by atoms with Crippen molar-refractivity contribution in [2.24, 2.45) is 0 Å². The van der Waals surface area contributed by atoms with Crippen LogP contribution < -0.4 is 5.32 Å². The summed E-state index contributed by atoms with van der Waals surface area (Å²) in [6, 6.07) is 11.2. The third-order valence-corrected chi connectivity index (χ3v) is 5.41. The van der Waals surface area contributed by atoms with Crippen LogP contribution in [-0.4, -0.2) is 16.7 Å². The fourth-order valence-corrected chi connectivity index (χ4v) is 4.27. The fourth-order valence-electron chi connectivity index (χ4n) is 2.64. The van der Waals surface area contributed by atoms with Gasteiger partial charge in [-0.15, -0.1) is 10.5 Å². The molecule has 0 spiro atoms. The zero-order valence-electron chi connectivity index (χ0n) is 12.0. The highest BCUT2D eigenvalue weighted by Gasteiger charge is 2.24. The summed E-state index contributed by atoms with van der Waals surface area (Å²) in [4.78, 5) is 24.1. The van der Waals surface area contributed by atoms with Crippen LogP contribution in [0.3, 0.4) is 0 Å². The molecule has 2 aromatic carbocycles. The number of nitro groups is 1. The van der Waals surface area contributed by atoms with Gasteiger partial charge in [0.05, 0.1) is 4.92 Å². The van der Waals surface area contributed by atoms with E-state index in [9.17, 15) is 14.9 Å². The minimum atomic E-state index is -0.469. The van der Waals surface area contributed by atoms with Gasteiger partial charge in [-0.25, -0.2) is 0 Å². The van der Waals surface area contributed by atoms with Crippen molar-refractivity contribution >= 4 is 33.6 Å². The summed E-state index contributed by atoms with van der Waals surface area (Å²) in [5, 5.41) is 13.8. The Morgan fingerprint density at radius 2 is 2.00 bits per heavy atom. The molecule has 1 aliphatic rings.